The highest BCUT2D eigenvalue weighted by Crippen LogP contribution is 2.38. The number of nitrogens with one attached hydrogen (secondary N) is 1. The van der Waals surface area contributed by atoms with Gasteiger partial charge in [0.1, 0.15) is 24.1 Å². The van der Waals surface area contributed by atoms with E-state index in [4.69, 9.17) is 0 Å². The molecule has 2 aromatic heterocycles. The van der Waals surface area contributed by atoms with Gasteiger partial charge in [-0.15, -0.1) is 0 Å². The molecular weight excluding hydrogens is 340 g/mol. The number of aliphatic hydroxyl groups excluding tert-OH is 1. The fraction of sp³-hybridized carbons (Fsp3) is 0.381. The second-order valence-electron chi connectivity index (χ2n) is 7.61. The molecule has 0 aliphatic heterocycles. The van der Waals surface area contributed by atoms with Gasteiger partial charge in [-0.05, 0) is 42.9 Å². The monoisotopic (exact) mass is 362 g/mol. The lowest BCUT2D eigenvalue weighted by Crippen LogP contribution is -2.13. The molecule has 1 fully saturated rings. The summed E-state index contributed by atoms with van der Waals surface area (Å²) >= 11 is 0. The lowest BCUT2D eigenvalue weighted by atomic mass is 10.1. The Labute approximate surface area is 157 Å². The van der Waals surface area contributed by atoms with Crippen molar-refractivity contribution in [2.75, 3.05) is 5.32 Å². The average molecular weight is 362 g/mol. The molecule has 4 atom stereocenters. The third kappa shape index (κ3) is 2.72. The molecule has 0 saturated heterocycles. The van der Waals surface area contributed by atoms with E-state index in [-0.39, 0.29) is 18.0 Å². The SMILES string of the molecule is O=C[C@@H]1C[C@@H](n2ccc3c(N[C@H]4CCc5ccccc54)ncnc32)C[C@@H]1O. The second kappa shape index (κ2) is 6.46. The van der Waals surface area contributed by atoms with Crippen LogP contribution in [0.15, 0.2) is 42.9 Å². The molecule has 3 aromatic rings. The van der Waals surface area contributed by atoms with Crippen molar-refractivity contribution in [1.82, 2.24) is 14.5 Å². The van der Waals surface area contributed by atoms with E-state index in [1.54, 1.807) is 6.33 Å². The zero-order chi connectivity index (χ0) is 18.4. The van der Waals surface area contributed by atoms with E-state index in [1.807, 2.05) is 12.3 Å². The molecule has 27 heavy (non-hydrogen) atoms. The maximum Gasteiger partial charge on any atom is 0.145 e. The van der Waals surface area contributed by atoms with Crippen molar-refractivity contribution in [3.05, 3.63) is 54.0 Å². The van der Waals surface area contributed by atoms with Gasteiger partial charge in [-0.2, -0.15) is 0 Å². The number of aryl methyl sites for hydroxylation is 1. The van der Waals surface area contributed by atoms with E-state index in [0.717, 1.165) is 36.0 Å². The lowest BCUT2D eigenvalue weighted by molar-refractivity contribution is -0.113. The van der Waals surface area contributed by atoms with Gasteiger partial charge in [-0.3, -0.25) is 0 Å². The largest absolute Gasteiger partial charge is 0.392 e. The van der Waals surface area contributed by atoms with Gasteiger partial charge in [0, 0.05) is 18.2 Å². The molecule has 138 valence electrons. The van der Waals surface area contributed by atoms with Gasteiger partial charge in [0.05, 0.1) is 17.5 Å². The first-order chi connectivity index (χ1) is 13.2. The summed E-state index contributed by atoms with van der Waals surface area (Å²) in [6, 6.07) is 10.9. The number of hydrogen-bond donors (Lipinski definition) is 2. The highest BCUT2D eigenvalue weighted by atomic mass is 16.3. The molecule has 0 amide bonds. The highest BCUT2D eigenvalue weighted by molar-refractivity contribution is 5.87. The normalized spacial score (nSPS) is 27.0. The van der Waals surface area contributed by atoms with Gasteiger partial charge in [0.2, 0.25) is 0 Å². The summed E-state index contributed by atoms with van der Waals surface area (Å²) in [5, 5.41) is 14.7. The lowest BCUT2D eigenvalue weighted by Gasteiger charge is -2.16. The third-order valence-corrected chi connectivity index (χ3v) is 6.07. The Morgan fingerprint density at radius 2 is 2.07 bits per heavy atom. The van der Waals surface area contributed by atoms with Gasteiger partial charge in [0.15, 0.2) is 0 Å². The molecule has 2 aliphatic carbocycles. The minimum absolute atomic E-state index is 0.0858. The first-order valence-corrected chi connectivity index (χ1v) is 9.54. The fourth-order valence-electron chi connectivity index (χ4n) is 4.65. The van der Waals surface area contributed by atoms with Crippen molar-refractivity contribution >= 4 is 23.1 Å². The summed E-state index contributed by atoms with van der Waals surface area (Å²) in [4.78, 5) is 20.1. The van der Waals surface area contributed by atoms with E-state index in [2.05, 4.69) is 44.1 Å². The smallest absolute Gasteiger partial charge is 0.145 e. The highest BCUT2D eigenvalue weighted by Gasteiger charge is 2.34. The summed E-state index contributed by atoms with van der Waals surface area (Å²) in [6.45, 7) is 0. The summed E-state index contributed by atoms with van der Waals surface area (Å²) in [7, 11) is 0. The Hall–Kier alpha value is -2.73. The minimum atomic E-state index is -0.570. The summed E-state index contributed by atoms with van der Waals surface area (Å²) in [6.07, 6.45) is 7.25. The Bertz CT molecular complexity index is 999. The van der Waals surface area contributed by atoms with Crippen LogP contribution in [0.3, 0.4) is 0 Å². The van der Waals surface area contributed by atoms with Crippen LogP contribution in [0.5, 0.6) is 0 Å². The van der Waals surface area contributed by atoms with Gasteiger partial charge < -0.3 is 19.8 Å². The zero-order valence-electron chi connectivity index (χ0n) is 15.0. The molecule has 0 unspecified atom stereocenters. The number of fused-ring (bicyclic) bond motifs is 2. The van der Waals surface area contributed by atoms with Crippen LogP contribution in [-0.4, -0.2) is 32.0 Å². The molecule has 2 heterocycles. The molecule has 5 rings (SSSR count). The van der Waals surface area contributed by atoms with Gasteiger partial charge in [0.25, 0.3) is 0 Å². The van der Waals surface area contributed by atoms with Crippen LogP contribution in [-0.2, 0) is 11.2 Å². The zero-order valence-corrected chi connectivity index (χ0v) is 15.0. The van der Waals surface area contributed by atoms with Crippen molar-refractivity contribution in [2.24, 2.45) is 5.92 Å². The molecule has 6 heteroatoms. The molecule has 0 spiro atoms. The van der Waals surface area contributed by atoms with Crippen LogP contribution in [0, 0.1) is 5.92 Å². The van der Waals surface area contributed by atoms with E-state index >= 15 is 0 Å². The molecule has 2 N–H and O–H groups in total. The number of anilines is 1. The average Bonchev–Trinajstić information content (AvgIpc) is 3.39. The van der Waals surface area contributed by atoms with Crippen LogP contribution in [0.25, 0.3) is 11.0 Å². The van der Waals surface area contributed by atoms with Gasteiger partial charge in [-0.25, -0.2) is 9.97 Å². The molecule has 0 bridgehead atoms. The Kier molecular flexibility index (Phi) is 3.93. The predicted molar refractivity (Wildman–Crippen MR) is 102 cm³/mol. The Balaban J connectivity index is 1.46. The number of aliphatic hydroxyl groups is 1. The summed E-state index contributed by atoms with van der Waals surface area (Å²) < 4.78 is 2.08. The van der Waals surface area contributed by atoms with E-state index in [9.17, 15) is 9.90 Å². The number of aromatic nitrogens is 3. The Morgan fingerprint density at radius 3 is 2.93 bits per heavy atom. The van der Waals surface area contributed by atoms with Gasteiger partial charge >= 0.3 is 0 Å². The topological polar surface area (TPSA) is 80.0 Å². The van der Waals surface area contributed by atoms with Crippen LogP contribution < -0.4 is 5.32 Å². The van der Waals surface area contributed by atoms with Crippen LogP contribution in [0.2, 0.25) is 0 Å². The van der Waals surface area contributed by atoms with E-state index in [0.29, 0.717) is 12.8 Å². The molecular formula is C21H22N4O2. The van der Waals surface area contributed by atoms with Crippen LogP contribution >= 0.6 is 0 Å². The first-order valence-electron chi connectivity index (χ1n) is 9.54. The maximum absolute atomic E-state index is 11.1. The standard InChI is InChI=1S/C21H22N4O2/c26-11-14-9-15(10-19(14)27)25-8-7-17-20(22-12-23-21(17)25)24-18-6-5-13-3-1-2-4-16(13)18/h1-4,7-8,11-12,14-15,18-19,27H,5-6,9-10H2,(H,22,23,24)/t14-,15+,18-,19-/m0/s1. The number of carbonyl (C=O) groups is 1. The molecule has 0 radical (unpaired) electrons. The number of benzene rings is 1. The van der Waals surface area contributed by atoms with Crippen molar-refractivity contribution in [1.29, 1.82) is 0 Å². The maximum atomic E-state index is 11.1. The molecule has 2 aliphatic rings. The van der Waals surface area contributed by atoms with Crippen molar-refractivity contribution < 1.29 is 9.90 Å². The minimum Gasteiger partial charge on any atom is -0.392 e. The number of carbonyl (C=O) groups excluding carboxylic acids is 1. The number of nitrogens with zero attached hydrogens (tertiary/aromatic N) is 3. The second-order valence-corrected chi connectivity index (χ2v) is 7.61. The number of hydrogen-bond acceptors (Lipinski definition) is 5. The molecule has 1 aromatic carbocycles. The first kappa shape index (κ1) is 16.4. The fourth-order valence-corrected chi connectivity index (χ4v) is 4.65. The van der Waals surface area contributed by atoms with Gasteiger partial charge in [-0.1, -0.05) is 24.3 Å². The summed E-state index contributed by atoms with van der Waals surface area (Å²) in [5.74, 6) is 0.549. The number of rotatable bonds is 4. The molecule has 6 nitrogen and oxygen atoms in total. The van der Waals surface area contributed by atoms with Crippen molar-refractivity contribution in [3.8, 4) is 0 Å². The predicted octanol–water partition coefficient (Wildman–Crippen LogP) is 3.04. The van der Waals surface area contributed by atoms with Crippen molar-refractivity contribution in [2.45, 2.75) is 43.9 Å². The number of aldehydes is 1. The molecule has 1 saturated carbocycles. The van der Waals surface area contributed by atoms with Crippen molar-refractivity contribution in [3.63, 3.8) is 0 Å². The van der Waals surface area contributed by atoms with Crippen LogP contribution in [0.1, 0.15) is 42.5 Å². The summed E-state index contributed by atoms with van der Waals surface area (Å²) in [5.41, 5.74) is 3.59. The third-order valence-electron chi connectivity index (χ3n) is 6.07. The van der Waals surface area contributed by atoms with E-state index in [1.165, 1.54) is 11.1 Å². The van der Waals surface area contributed by atoms with Crippen LogP contribution in [0.4, 0.5) is 5.82 Å². The van der Waals surface area contributed by atoms with E-state index < -0.39 is 6.10 Å². The quantitative estimate of drug-likeness (QED) is 0.698. The Morgan fingerprint density at radius 1 is 1.19 bits per heavy atom.